The molecule has 0 aromatic rings. The summed E-state index contributed by atoms with van der Waals surface area (Å²) in [4.78, 5) is 0. The minimum atomic E-state index is 0.713. The zero-order valence-corrected chi connectivity index (χ0v) is 7.78. The van der Waals surface area contributed by atoms with Crippen LogP contribution >= 0.6 is 0 Å². The molecular formula is C8H18B2. The molecule has 0 spiro atoms. The maximum atomic E-state index is 4.03. The molecule has 2 heteroatoms. The molecule has 0 aromatic carbocycles. The topological polar surface area (TPSA) is 0 Å². The van der Waals surface area contributed by atoms with Gasteiger partial charge in [-0.15, -0.1) is 0 Å². The third kappa shape index (κ3) is 3.92. The Bertz CT molecular complexity index is 108. The molecule has 0 unspecified atom stereocenters. The Hall–Kier alpha value is -0.000130. The summed E-state index contributed by atoms with van der Waals surface area (Å²) in [5.41, 5.74) is 1.40. The molecule has 0 rings (SSSR count). The molecular weight excluding hydrogens is 118 g/mol. The van der Waals surface area contributed by atoms with Crippen molar-refractivity contribution in [1.29, 1.82) is 0 Å². The minimum absolute atomic E-state index is 0.713. The van der Waals surface area contributed by atoms with Crippen LogP contribution in [0.15, 0.2) is 0 Å². The van der Waals surface area contributed by atoms with Crippen LogP contribution in [0.4, 0.5) is 0 Å². The molecule has 0 aliphatic rings. The van der Waals surface area contributed by atoms with Crippen LogP contribution in [-0.2, 0) is 0 Å². The summed E-state index contributed by atoms with van der Waals surface area (Å²) in [5, 5.41) is 0. The van der Waals surface area contributed by atoms with Gasteiger partial charge in [0.25, 0.3) is 0 Å². The zero-order chi connectivity index (χ0) is 8.15. The van der Waals surface area contributed by atoms with E-state index in [-0.39, 0.29) is 0 Å². The third-order valence-electron chi connectivity index (χ3n) is 1.98. The van der Waals surface area contributed by atoms with Gasteiger partial charge < -0.3 is 0 Å². The van der Waals surface area contributed by atoms with Crippen LogP contribution in [0.1, 0.15) is 34.1 Å². The summed E-state index contributed by atoms with van der Waals surface area (Å²) < 4.78 is 0. The fourth-order valence-electron chi connectivity index (χ4n) is 1.22. The van der Waals surface area contributed by atoms with Crippen LogP contribution < -0.4 is 0 Å². The van der Waals surface area contributed by atoms with E-state index in [1.54, 1.807) is 0 Å². The SMILES string of the molecule is B=C(CC)[C@H](C)BC(C)C. The summed E-state index contributed by atoms with van der Waals surface area (Å²) in [7, 11) is 5.31. The number of rotatable bonds is 4. The summed E-state index contributed by atoms with van der Waals surface area (Å²) in [6.45, 7) is 8.98. The molecule has 0 aromatic heterocycles. The van der Waals surface area contributed by atoms with Crippen LogP contribution in [0.25, 0.3) is 0 Å². The molecule has 0 aliphatic carbocycles. The molecule has 0 radical (unpaired) electrons. The second-order valence-corrected chi connectivity index (χ2v) is 3.54. The van der Waals surface area contributed by atoms with Crippen LogP contribution in [0.3, 0.4) is 0 Å². The normalized spacial score (nSPS) is 13.2. The van der Waals surface area contributed by atoms with Gasteiger partial charge in [-0.1, -0.05) is 0 Å². The first-order valence-electron chi connectivity index (χ1n) is 4.25. The van der Waals surface area contributed by atoms with E-state index in [1.807, 2.05) is 0 Å². The zero-order valence-electron chi connectivity index (χ0n) is 7.78. The van der Waals surface area contributed by atoms with E-state index in [9.17, 15) is 0 Å². The van der Waals surface area contributed by atoms with Gasteiger partial charge in [-0.2, -0.15) is 0 Å². The fourth-order valence-corrected chi connectivity index (χ4v) is 1.22. The van der Waals surface area contributed by atoms with Gasteiger partial charge in [0.05, 0.1) is 0 Å². The summed E-state index contributed by atoms with van der Waals surface area (Å²) in [6, 6.07) is 0. The molecule has 0 saturated heterocycles. The Morgan fingerprint density at radius 3 is 2.20 bits per heavy atom. The predicted molar refractivity (Wildman–Crippen MR) is 54.1 cm³/mol. The third-order valence-corrected chi connectivity index (χ3v) is 1.98. The average molecular weight is 136 g/mol. The molecule has 56 valence electrons. The quantitative estimate of drug-likeness (QED) is 0.514. The van der Waals surface area contributed by atoms with Gasteiger partial charge in [-0.05, 0) is 0 Å². The standard InChI is InChI=1S/C8H18B2/c1-5-8(9)7(4)10-6(2)3/h6-7,9-10H,5H2,1-4H3/t7-/m0/s1. The Morgan fingerprint density at radius 1 is 1.40 bits per heavy atom. The monoisotopic (exact) mass is 136 g/mol. The maximum absolute atomic E-state index is 4.03. The van der Waals surface area contributed by atoms with E-state index in [2.05, 4.69) is 35.2 Å². The van der Waals surface area contributed by atoms with Gasteiger partial charge in [0.2, 0.25) is 0 Å². The van der Waals surface area contributed by atoms with Crippen molar-refractivity contribution >= 4 is 20.2 Å². The van der Waals surface area contributed by atoms with Crippen molar-refractivity contribution in [1.82, 2.24) is 0 Å². The van der Waals surface area contributed by atoms with Gasteiger partial charge in [0.1, 0.15) is 0 Å². The second kappa shape index (κ2) is 4.76. The van der Waals surface area contributed by atoms with Crippen LogP contribution in [0.2, 0.25) is 11.6 Å². The van der Waals surface area contributed by atoms with Crippen LogP contribution in [0.5, 0.6) is 0 Å². The van der Waals surface area contributed by atoms with Crippen molar-refractivity contribution in [2.75, 3.05) is 0 Å². The van der Waals surface area contributed by atoms with Crippen molar-refractivity contribution in [2.45, 2.75) is 45.8 Å². The fraction of sp³-hybridized carbons (Fsp3) is 0.875. The molecule has 0 saturated carbocycles. The van der Waals surface area contributed by atoms with Crippen molar-refractivity contribution in [2.24, 2.45) is 0 Å². The van der Waals surface area contributed by atoms with Gasteiger partial charge in [0, 0.05) is 0 Å². The van der Waals surface area contributed by atoms with E-state index in [0.29, 0.717) is 5.82 Å². The number of hydrogen-bond acceptors (Lipinski definition) is 0. The Morgan fingerprint density at radius 2 is 1.90 bits per heavy atom. The van der Waals surface area contributed by atoms with Gasteiger partial charge in [-0.3, -0.25) is 0 Å². The van der Waals surface area contributed by atoms with Crippen molar-refractivity contribution in [3.05, 3.63) is 0 Å². The summed E-state index contributed by atoms with van der Waals surface area (Å²) >= 11 is 0. The van der Waals surface area contributed by atoms with Gasteiger partial charge in [-0.25, -0.2) is 0 Å². The van der Waals surface area contributed by atoms with E-state index in [4.69, 9.17) is 0 Å². The summed E-state index contributed by atoms with van der Waals surface area (Å²) in [5.74, 6) is 1.52. The second-order valence-electron chi connectivity index (χ2n) is 3.54. The molecule has 0 nitrogen and oxygen atoms in total. The van der Waals surface area contributed by atoms with E-state index in [1.165, 1.54) is 12.7 Å². The van der Waals surface area contributed by atoms with Gasteiger partial charge in [0.15, 0.2) is 0 Å². The van der Waals surface area contributed by atoms with Crippen molar-refractivity contribution in [3.8, 4) is 0 Å². The van der Waals surface area contributed by atoms with Crippen molar-refractivity contribution in [3.63, 3.8) is 0 Å². The van der Waals surface area contributed by atoms with Gasteiger partial charge >= 0.3 is 66.0 Å². The summed E-state index contributed by atoms with van der Waals surface area (Å²) in [6.07, 6.45) is 1.13. The Labute approximate surface area is 66.7 Å². The predicted octanol–water partition coefficient (Wildman–Crippen LogP) is 1.54. The molecule has 0 heterocycles. The first-order valence-corrected chi connectivity index (χ1v) is 4.25. The van der Waals surface area contributed by atoms with E-state index < -0.39 is 0 Å². The Balaban J connectivity index is 3.61. The Kier molecular flexibility index (Phi) is 4.76. The van der Waals surface area contributed by atoms with E-state index >= 15 is 0 Å². The molecule has 0 amide bonds. The molecule has 10 heavy (non-hydrogen) atoms. The van der Waals surface area contributed by atoms with Crippen LogP contribution in [0, 0.1) is 0 Å². The van der Waals surface area contributed by atoms with Crippen molar-refractivity contribution < 1.29 is 0 Å². The first-order chi connectivity index (χ1) is 4.57. The molecule has 0 bridgehead atoms. The molecule has 1 atom stereocenters. The number of hydrogen-bond donors (Lipinski definition) is 0. The molecule has 0 N–H and O–H groups in total. The van der Waals surface area contributed by atoms with E-state index in [0.717, 1.165) is 12.2 Å². The first kappa shape index (κ1) is 10.00. The molecule has 0 aliphatic heterocycles. The molecule has 0 fully saturated rings. The average Bonchev–Trinajstić information content (AvgIpc) is 1.85. The van der Waals surface area contributed by atoms with Crippen LogP contribution in [-0.4, -0.2) is 20.2 Å².